The first-order valence-electron chi connectivity index (χ1n) is 4.72. The van der Waals surface area contributed by atoms with Crippen LogP contribution in [0.15, 0.2) is 30.8 Å². The topological polar surface area (TPSA) is 9.23 Å². The second-order valence-electron chi connectivity index (χ2n) is 3.00. The molecule has 0 saturated carbocycles. The van der Waals surface area contributed by atoms with Crippen LogP contribution in [-0.2, 0) is 11.3 Å². The number of hydrogen-bond donors (Lipinski definition) is 0. The maximum atomic E-state index is 5.52. The van der Waals surface area contributed by atoms with Gasteiger partial charge in [-0.1, -0.05) is 52.9 Å². The van der Waals surface area contributed by atoms with Crippen molar-refractivity contribution < 1.29 is 4.74 Å². The van der Waals surface area contributed by atoms with E-state index < -0.39 is 0 Å². The molecule has 0 fully saturated rings. The van der Waals surface area contributed by atoms with E-state index in [2.05, 4.69) is 34.6 Å². The van der Waals surface area contributed by atoms with Crippen LogP contribution >= 0.6 is 15.9 Å². The van der Waals surface area contributed by atoms with Crippen molar-refractivity contribution in [2.45, 2.75) is 13.0 Å². The lowest BCUT2D eigenvalue weighted by atomic mass is 10.1. The maximum Gasteiger partial charge on any atom is 0.0722 e. The summed E-state index contributed by atoms with van der Waals surface area (Å²) < 4.78 is 5.52. The van der Waals surface area contributed by atoms with Crippen LogP contribution in [0.4, 0.5) is 0 Å². The van der Waals surface area contributed by atoms with Gasteiger partial charge in [0.2, 0.25) is 0 Å². The van der Waals surface area contributed by atoms with Gasteiger partial charge in [0.25, 0.3) is 0 Å². The van der Waals surface area contributed by atoms with Crippen LogP contribution in [0.5, 0.6) is 0 Å². The molecule has 0 aliphatic rings. The van der Waals surface area contributed by atoms with Crippen molar-refractivity contribution in [3.8, 4) is 0 Å². The molecule has 0 bridgehead atoms. The van der Waals surface area contributed by atoms with Crippen LogP contribution in [0.2, 0.25) is 0 Å². The molecule has 76 valence electrons. The van der Waals surface area contributed by atoms with Gasteiger partial charge in [-0.05, 0) is 17.5 Å². The molecule has 1 nitrogen and oxygen atoms in total. The highest BCUT2D eigenvalue weighted by Crippen LogP contribution is 2.11. The molecule has 0 N–H and O–H groups in total. The lowest BCUT2D eigenvalue weighted by Crippen LogP contribution is -1.97. The highest BCUT2D eigenvalue weighted by molar-refractivity contribution is 9.09. The Morgan fingerprint density at radius 2 is 2.14 bits per heavy atom. The fraction of sp³-hybridized carbons (Fsp3) is 0.333. The smallest absolute Gasteiger partial charge is 0.0722 e. The zero-order chi connectivity index (χ0) is 10.2. The molecule has 0 aromatic heterocycles. The van der Waals surface area contributed by atoms with Gasteiger partial charge in [-0.3, -0.25) is 0 Å². The second kappa shape index (κ2) is 6.80. The lowest BCUT2D eigenvalue weighted by molar-refractivity contribution is 0.122. The van der Waals surface area contributed by atoms with E-state index in [0.717, 1.165) is 23.9 Å². The Kier molecular flexibility index (Phi) is 5.57. The number of alkyl halides is 1. The average molecular weight is 255 g/mol. The van der Waals surface area contributed by atoms with Crippen molar-refractivity contribution in [1.29, 1.82) is 0 Å². The van der Waals surface area contributed by atoms with Gasteiger partial charge < -0.3 is 4.74 Å². The van der Waals surface area contributed by atoms with Gasteiger partial charge in [0.15, 0.2) is 0 Å². The van der Waals surface area contributed by atoms with Crippen molar-refractivity contribution in [2.75, 3.05) is 11.9 Å². The quantitative estimate of drug-likeness (QED) is 0.557. The summed E-state index contributed by atoms with van der Waals surface area (Å²) in [4.78, 5) is 0. The van der Waals surface area contributed by atoms with Crippen LogP contribution < -0.4 is 0 Å². The van der Waals surface area contributed by atoms with Crippen molar-refractivity contribution in [1.82, 2.24) is 0 Å². The van der Waals surface area contributed by atoms with E-state index >= 15 is 0 Å². The van der Waals surface area contributed by atoms with E-state index in [-0.39, 0.29) is 0 Å². The molecule has 0 radical (unpaired) electrons. The molecule has 0 aliphatic heterocycles. The van der Waals surface area contributed by atoms with Crippen molar-refractivity contribution >= 4 is 22.0 Å². The molecule has 1 aromatic carbocycles. The third-order valence-corrected chi connectivity index (χ3v) is 2.52. The summed E-state index contributed by atoms with van der Waals surface area (Å²) in [7, 11) is 0. The minimum Gasteiger partial charge on any atom is -0.377 e. The van der Waals surface area contributed by atoms with E-state index in [1.54, 1.807) is 0 Å². The van der Waals surface area contributed by atoms with Crippen molar-refractivity contribution in [3.05, 3.63) is 42.0 Å². The van der Waals surface area contributed by atoms with E-state index in [9.17, 15) is 0 Å². The van der Waals surface area contributed by atoms with E-state index in [0.29, 0.717) is 6.61 Å². The molecular formula is C12H15BrO. The predicted octanol–water partition coefficient (Wildman–Crippen LogP) is 3.63. The van der Waals surface area contributed by atoms with Gasteiger partial charge in [-0.25, -0.2) is 0 Å². The highest BCUT2D eigenvalue weighted by atomic mass is 79.9. The molecule has 0 spiro atoms. The molecule has 1 aromatic rings. The number of benzene rings is 1. The molecule has 0 saturated heterocycles. The Hall–Kier alpha value is -0.600. The van der Waals surface area contributed by atoms with E-state index in [1.165, 1.54) is 5.56 Å². The summed E-state index contributed by atoms with van der Waals surface area (Å²) in [6.07, 6.45) is 2.92. The normalized spacial score (nSPS) is 10.1. The molecule has 0 heterocycles. The monoisotopic (exact) mass is 254 g/mol. The van der Waals surface area contributed by atoms with Gasteiger partial charge >= 0.3 is 0 Å². The molecule has 1 rings (SSSR count). The first-order chi connectivity index (χ1) is 6.88. The summed E-state index contributed by atoms with van der Waals surface area (Å²) >= 11 is 3.37. The summed E-state index contributed by atoms with van der Waals surface area (Å²) in [6.45, 7) is 5.25. The van der Waals surface area contributed by atoms with E-state index in [1.807, 2.05) is 18.2 Å². The molecular weight excluding hydrogens is 240 g/mol. The minimum absolute atomic E-state index is 0.676. The van der Waals surface area contributed by atoms with Crippen molar-refractivity contribution in [2.24, 2.45) is 0 Å². The van der Waals surface area contributed by atoms with Gasteiger partial charge in [-0.15, -0.1) is 0 Å². The number of rotatable bonds is 6. The fourth-order valence-corrected chi connectivity index (χ4v) is 1.43. The highest BCUT2D eigenvalue weighted by Gasteiger charge is 1.97. The van der Waals surface area contributed by atoms with Crippen LogP contribution in [-0.4, -0.2) is 11.9 Å². The minimum atomic E-state index is 0.676. The Labute approximate surface area is 93.9 Å². The van der Waals surface area contributed by atoms with Crippen molar-refractivity contribution in [3.63, 3.8) is 0 Å². The Morgan fingerprint density at radius 3 is 2.86 bits per heavy atom. The number of hydrogen-bond acceptors (Lipinski definition) is 1. The first-order valence-corrected chi connectivity index (χ1v) is 5.84. The van der Waals surface area contributed by atoms with Gasteiger partial charge in [0.05, 0.1) is 6.61 Å². The second-order valence-corrected chi connectivity index (χ2v) is 3.79. The van der Waals surface area contributed by atoms with Crippen LogP contribution in [0.3, 0.4) is 0 Å². The fourth-order valence-electron chi connectivity index (χ4n) is 1.20. The third-order valence-electron chi connectivity index (χ3n) is 1.95. The Balaban J connectivity index is 2.45. The zero-order valence-corrected chi connectivity index (χ0v) is 9.79. The predicted molar refractivity (Wildman–Crippen MR) is 64.6 cm³/mol. The zero-order valence-electron chi connectivity index (χ0n) is 8.21. The molecule has 0 aliphatic carbocycles. The van der Waals surface area contributed by atoms with Gasteiger partial charge in [0.1, 0.15) is 0 Å². The molecule has 0 amide bonds. The Morgan fingerprint density at radius 1 is 1.36 bits per heavy atom. The summed E-state index contributed by atoms with van der Waals surface area (Å²) in [6, 6.07) is 8.16. The van der Waals surface area contributed by atoms with Gasteiger partial charge in [0, 0.05) is 11.9 Å². The first kappa shape index (κ1) is 11.5. The molecule has 0 unspecified atom stereocenters. The molecule has 0 atom stereocenters. The third kappa shape index (κ3) is 3.64. The maximum absolute atomic E-state index is 5.52. The van der Waals surface area contributed by atoms with Gasteiger partial charge in [-0.2, -0.15) is 0 Å². The van der Waals surface area contributed by atoms with E-state index in [4.69, 9.17) is 4.74 Å². The van der Waals surface area contributed by atoms with Crippen LogP contribution in [0.25, 0.3) is 6.08 Å². The lowest BCUT2D eigenvalue weighted by Gasteiger charge is -2.06. The SMILES string of the molecule is C=Cc1ccccc1COCCCBr. The molecule has 2 heteroatoms. The Bertz CT molecular complexity index is 283. The van der Waals surface area contributed by atoms with Crippen LogP contribution in [0.1, 0.15) is 17.5 Å². The molecule has 14 heavy (non-hydrogen) atoms. The summed E-state index contributed by atoms with van der Waals surface area (Å²) in [5, 5.41) is 0.996. The standard InChI is InChI=1S/C12H15BrO/c1-2-11-6-3-4-7-12(11)10-14-9-5-8-13/h2-4,6-7H,1,5,8-10H2. The average Bonchev–Trinajstić information content (AvgIpc) is 2.25. The number of ether oxygens (including phenoxy) is 1. The van der Waals surface area contributed by atoms with Crippen LogP contribution in [0, 0.1) is 0 Å². The number of halogens is 1. The summed E-state index contributed by atoms with van der Waals surface area (Å²) in [5.41, 5.74) is 2.36. The summed E-state index contributed by atoms with van der Waals surface area (Å²) in [5.74, 6) is 0. The largest absolute Gasteiger partial charge is 0.377 e.